The summed E-state index contributed by atoms with van der Waals surface area (Å²) in [5.41, 5.74) is 5.99. The maximum atomic E-state index is 11.4. The molecule has 0 fully saturated rings. The number of aryl methyl sites for hydroxylation is 1. The lowest BCUT2D eigenvalue weighted by Gasteiger charge is -2.13. The van der Waals surface area contributed by atoms with Gasteiger partial charge in [0.15, 0.2) is 5.17 Å². The summed E-state index contributed by atoms with van der Waals surface area (Å²) in [5.74, 6) is 1.44. The van der Waals surface area contributed by atoms with Gasteiger partial charge < -0.3 is 5.32 Å². The number of aromatic amines is 1. The smallest absolute Gasteiger partial charge is 0.252 e. The first-order valence-electron chi connectivity index (χ1n) is 8.03. The van der Waals surface area contributed by atoms with Crippen molar-refractivity contribution < 1.29 is 0 Å². The van der Waals surface area contributed by atoms with E-state index in [1.165, 1.54) is 6.07 Å². The number of amidine groups is 1. The molecule has 2 aromatic rings. The molecule has 3 N–H and O–H groups in total. The SMILES string of the molecule is C/C(=N/Nc1nc(C)cc(=O)[nH]1)c1ccc(NC2=NCCCS2)cc1. The highest BCUT2D eigenvalue weighted by Crippen LogP contribution is 2.17. The van der Waals surface area contributed by atoms with Crippen molar-refractivity contribution in [2.24, 2.45) is 10.1 Å². The zero-order valence-corrected chi connectivity index (χ0v) is 15.0. The number of aromatic nitrogens is 2. The Morgan fingerprint density at radius 2 is 2.12 bits per heavy atom. The summed E-state index contributed by atoms with van der Waals surface area (Å²) in [5, 5.41) is 8.58. The van der Waals surface area contributed by atoms with Crippen molar-refractivity contribution in [3.63, 3.8) is 0 Å². The molecule has 0 radical (unpaired) electrons. The van der Waals surface area contributed by atoms with Crippen molar-refractivity contribution in [2.45, 2.75) is 20.3 Å². The Morgan fingerprint density at radius 3 is 2.80 bits per heavy atom. The molecule has 7 nitrogen and oxygen atoms in total. The highest BCUT2D eigenvalue weighted by molar-refractivity contribution is 8.14. The van der Waals surface area contributed by atoms with Crippen LogP contribution in [-0.4, -0.2) is 33.1 Å². The topological polar surface area (TPSA) is 94.5 Å². The Labute approximate surface area is 150 Å². The highest BCUT2D eigenvalue weighted by Gasteiger charge is 2.06. The fourth-order valence-corrected chi connectivity index (χ4v) is 3.13. The van der Waals surface area contributed by atoms with Gasteiger partial charge in [-0.3, -0.25) is 14.8 Å². The van der Waals surface area contributed by atoms with Crippen molar-refractivity contribution in [3.8, 4) is 0 Å². The molecule has 3 rings (SSSR count). The molecule has 0 unspecified atom stereocenters. The number of anilines is 2. The van der Waals surface area contributed by atoms with Gasteiger partial charge in [0.2, 0.25) is 5.95 Å². The number of nitrogens with zero attached hydrogens (tertiary/aromatic N) is 3. The molecule has 2 heterocycles. The van der Waals surface area contributed by atoms with Gasteiger partial charge in [0.05, 0.1) is 5.71 Å². The number of hydrazone groups is 1. The lowest BCUT2D eigenvalue weighted by atomic mass is 10.1. The first-order valence-corrected chi connectivity index (χ1v) is 9.02. The van der Waals surface area contributed by atoms with Crippen LogP contribution in [0.2, 0.25) is 0 Å². The second kappa shape index (κ2) is 7.98. The predicted octanol–water partition coefficient (Wildman–Crippen LogP) is 2.82. The van der Waals surface area contributed by atoms with Gasteiger partial charge in [-0.25, -0.2) is 10.4 Å². The number of H-pyrrole nitrogens is 1. The Balaban J connectivity index is 1.66. The average molecular weight is 356 g/mol. The molecule has 0 atom stereocenters. The van der Waals surface area contributed by atoms with Gasteiger partial charge in [-0.15, -0.1) is 0 Å². The van der Waals surface area contributed by atoms with E-state index < -0.39 is 0 Å². The third kappa shape index (κ3) is 4.93. The zero-order chi connectivity index (χ0) is 17.6. The van der Waals surface area contributed by atoms with Crippen LogP contribution in [0.4, 0.5) is 11.6 Å². The number of aliphatic imine (C=N–C) groups is 1. The molecule has 0 spiro atoms. The summed E-state index contributed by atoms with van der Waals surface area (Å²) < 4.78 is 0. The van der Waals surface area contributed by atoms with Gasteiger partial charge in [0.1, 0.15) is 0 Å². The Morgan fingerprint density at radius 1 is 1.32 bits per heavy atom. The van der Waals surface area contributed by atoms with Crippen LogP contribution < -0.4 is 16.3 Å². The van der Waals surface area contributed by atoms with Gasteiger partial charge in [-0.05, 0) is 38.0 Å². The summed E-state index contributed by atoms with van der Waals surface area (Å²) >= 11 is 1.75. The molecule has 25 heavy (non-hydrogen) atoms. The van der Waals surface area contributed by atoms with E-state index in [-0.39, 0.29) is 5.56 Å². The molecule has 0 amide bonds. The average Bonchev–Trinajstić information content (AvgIpc) is 2.60. The van der Waals surface area contributed by atoms with E-state index in [0.29, 0.717) is 11.6 Å². The zero-order valence-electron chi connectivity index (χ0n) is 14.2. The third-order valence-corrected chi connectivity index (χ3v) is 4.55. The van der Waals surface area contributed by atoms with Gasteiger partial charge >= 0.3 is 0 Å². The van der Waals surface area contributed by atoms with Gasteiger partial charge in [-0.2, -0.15) is 5.10 Å². The molecule has 1 aromatic carbocycles. The van der Waals surface area contributed by atoms with E-state index in [1.54, 1.807) is 18.7 Å². The summed E-state index contributed by atoms with van der Waals surface area (Å²) in [6.07, 6.45) is 1.14. The number of rotatable bonds is 4. The molecule has 1 aromatic heterocycles. The fourth-order valence-electron chi connectivity index (χ4n) is 2.29. The number of hydrogen-bond acceptors (Lipinski definition) is 7. The lowest BCUT2D eigenvalue weighted by Crippen LogP contribution is -2.13. The van der Waals surface area contributed by atoms with Crippen molar-refractivity contribution >= 4 is 34.3 Å². The molecule has 0 saturated heterocycles. The van der Waals surface area contributed by atoms with Gasteiger partial charge in [-0.1, -0.05) is 23.9 Å². The molecule has 130 valence electrons. The largest absolute Gasteiger partial charge is 0.335 e. The Kier molecular flexibility index (Phi) is 5.49. The van der Waals surface area contributed by atoms with Crippen LogP contribution in [0.5, 0.6) is 0 Å². The minimum atomic E-state index is -0.207. The quantitative estimate of drug-likeness (QED) is 0.578. The van der Waals surface area contributed by atoms with Crippen LogP contribution in [0.1, 0.15) is 24.6 Å². The van der Waals surface area contributed by atoms with Crippen LogP contribution in [0.15, 0.2) is 45.2 Å². The minimum Gasteiger partial charge on any atom is -0.335 e. The lowest BCUT2D eigenvalue weighted by molar-refractivity contribution is 0.938. The van der Waals surface area contributed by atoms with Crippen molar-refractivity contribution in [1.29, 1.82) is 0 Å². The number of nitrogens with one attached hydrogen (secondary N) is 3. The van der Waals surface area contributed by atoms with Gasteiger partial charge in [0, 0.05) is 29.7 Å². The van der Waals surface area contributed by atoms with Crippen molar-refractivity contribution in [3.05, 3.63) is 51.9 Å². The van der Waals surface area contributed by atoms with E-state index >= 15 is 0 Å². The summed E-state index contributed by atoms with van der Waals surface area (Å²) in [6, 6.07) is 9.41. The number of thioether (sulfide) groups is 1. The second-order valence-electron chi connectivity index (χ2n) is 5.64. The second-order valence-corrected chi connectivity index (χ2v) is 6.72. The Bertz CT molecular complexity index is 856. The Hall–Kier alpha value is -2.61. The van der Waals surface area contributed by atoms with E-state index in [2.05, 4.69) is 30.8 Å². The first kappa shape index (κ1) is 17.2. The third-order valence-electron chi connectivity index (χ3n) is 3.55. The van der Waals surface area contributed by atoms with Crippen molar-refractivity contribution in [2.75, 3.05) is 23.0 Å². The molecule has 0 bridgehead atoms. The molecular weight excluding hydrogens is 336 g/mol. The molecule has 0 aliphatic carbocycles. The van der Waals surface area contributed by atoms with E-state index in [4.69, 9.17) is 0 Å². The van der Waals surface area contributed by atoms with E-state index in [0.717, 1.165) is 40.8 Å². The first-order chi connectivity index (χ1) is 12.1. The number of hydrogen-bond donors (Lipinski definition) is 3. The predicted molar refractivity (Wildman–Crippen MR) is 105 cm³/mol. The number of benzene rings is 1. The normalized spacial score (nSPS) is 14.8. The van der Waals surface area contributed by atoms with E-state index in [9.17, 15) is 4.79 Å². The van der Waals surface area contributed by atoms with E-state index in [1.807, 2.05) is 31.2 Å². The molecule has 1 aliphatic rings. The van der Waals surface area contributed by atoms with Crippen LogP contribution in [0.3, 0.4) is 0 Å². The summed E-state index contributed by atoms with van der Waals surface area (Å²) in [4.78, 5) is 22.7. The molecular formula is C17H20N6OS. The monoisotopic (exact) mass is 356 g/mol. The standard InChI is InChI=1S/C17H20N6OS/c1-11-10-15(24)21-16(19-11)23-22-12(2)13-4-6-14(7-5-13)20-17-18-8-3-9-25-17/h4-7,10H,3,8-9H2,1-2H3,(H,18,20)(H2,19,21,23,24)/b22-12-. The van der Waals surface area contributed by atoms with Crippen LogP contribution >= 0.6 is 11.8 Å². The van der Waals surface area contributed by atoms with Crippen LogP contribution in [-0.2, 0) is 0 Å². The van der Waals surface area contributed by atoms with Crippen LogP contribution in [0, 0.1) is 6.92 Å². The fraction of sp³-hybridized carbons (Fsp3) is 0.294. The van der Waals surface area contributed by atoms with Gasteiger partial charge in [0.25, 0.3) is 5.56 Å². The maximum absolute atomic E-state index is 11.4. The van der Waals surface area contributed by atoms with Crippen LogP contribution in [0.25, 0.3) is 0 Å². The summed E-state index contributed by atoms with van der Waals surface area (Å²) in [6.45, 7) is 4.54. The summed E-state index contributed by atoms with van der Waals surface area (Å²) in [7, 11) is 0. The molecule has 0 saturated carbocycles. The molecule has 1 aliphatic heterocycles. The van der Waals surface area contributed by atoms with Crippen molar-refractivity contribution in [1.82, 2.24) is 9.97 Å². The molecule has 8 heteroatoms. The highest BCUT2D eigenvalue weighted by atomic mass is 32.2. The minimum absolute atomic E-state index is 0.207. The maximum Gasteiger partial charge on any atom is 0.252 e.